The fraction of sp³-hybridized carbons (Fsp3) is 0.333. The summed E-state index contributed by atoms with van der Waals surface area (Å²) in [5, 5.41) is 8.17. The molecule has 118 valence electrons. The van der Waals surface area contributed by atoms with Gasteiger partial charge in [0.15, 0.2) is 0 Å². The number of aryl methyl sites for hydroxylation is 1. The molecule has 0 fully saturated rings. The smallest absolute Gasteiger partial charge is 0.258 e. The van der Waals surface area contributed by atoms with Crippen LogP contribution in [0.15, 0.2) is 35.5 Å². The summed E-state index contributed by atoms with van der Waals surface area (Å²) in [5.41, 5.74) is 1.19. The molecule has 3 aromatic rings. The third-order valence-electron chi connectivity index (χ3n) is 4.05. The number of pyridine rings is 1. The topological polar surface area (TPSA) is 77.1 Å². The number of halogens is 1. The van der Waals surface area contributed by atoms with Crippen molar-refractivity contribution in [3.63, 3.8) is 0 Å². The normalized spacial score (nSPS) is 17.3. The van der Waals surface area contributed by atoms with Crippen LogP contribution in [-0.4, -0.2) is 30.2 Å². The van der Waals surface area contributed by atoms with E-state index in [0.29, 0.717) is 23.3 Å². The van der Waals surface area contributed by atoms with Crippen LogP contribution in [0.2, 0.25) is 5.02 Å². The van der Waals surface area contributed by atoms with E-state index in [1.54, 1.807) is 30.7 Å². The van der Waals surface area contributed by atoms with Crippen molar-refractivity contribution in [2.75, 3.05) is 0 Å². The summed E-state index contributed by atoms with van der Waals surface area (Å²) < 4.78 is 3.37. The lowest BCUT2D eigenvalue weighted by atomic mass is 10.1. The zero-order valence-corrected chi connectivity index (χ0v) is 13.1. The molecule has 23 heavy (non-hydrogen) atoms. The van der Waals surface area contributed by atoms with Crippen LogP contribution in [-0.2, 0) is 19.5 Å². The van der Waals surface area contributed by atoms with Gasteiger partial charge in [-0.15, -0.1) is 0 Å². The van der Waals surface area contributed by atoms with Crippen molar-refractivity contribution in [3.05, 3.63) is 57.6 Å². The standard InChI is InChI=1S/C15H15ClN6O/c16-10-1-3-14-20-12(5-15(23)21(14)7-10)6-17-11-2-4-13-18-9-19-22(13)8-11/h1,3,5,7,9,11,17H,2,4,6,8H2/t11-/m1/s1. The SMILES string of the molecule is O=c1cc(CN[C@@H]2CCc3ncnn3C2)nc2ccc(Cl)cn12. The van der Waals surface area contributed by atoms with Gasteiger partial charge in [0.05, 0.1) is 17.3 Å². The molecule has 7 nitrogen and oxygen atoms in total. The molecular formula is C15H15ClN6O. The Morgan fingerprint density at radius 2 is 2.30 bits per heavy atom. The van der Waals surface area contributed by atoms with E-state index in [1.807, 2.05) is 4.68 Å². The summed E-state index contributed by atoms with van der Waals surface area (Å²) in [7, 11) is 0. The molecule has 0 aromatic carbocycles. The van der Waals surface area contributed by atoms with Gasteiger partial charge in [-0.25, -0.2) is 14.6 Å². The molecule has 4 rings (SSSR count). The van der Waals surface area contributed by atoms with Crippen molar-refractivity contribution in [1.29, 1.82) is 0 Å². The number of fused-ring (bicyclic) bond motifs is 2. The Balaban J connectivity index is 1.50. The summed E-state index contributed by atoms with van der Waals surface area (Å²) >= 11 is 5.91. The van der Waals surface area contributed by atoms with Crippen molar-refractivity contribution < 1.29 is 0 Å². The molecular weight excluding hydrogens is 316 g/mol. The third kappa shape index (κ3) is 2.85. The summed E-state index contributed by atoms with van der Waals surface area (Å²) in [4.78, 5) is 20.9. The average molecular weight is 331 g/mol. The molecule has 3 aromatic heterocycles. The van der Waals surface area contributed by atoms with Crippen molar-refractivity contribution in [3.8, 4) is 0 Å². The Bertz CT molecular complexity index is 918. The lowest BCUT2D eigenvalue weighted by molar-refractivity contribution is 0.356. The van der Waals surface area contributed by atoms with E-state index in [9.17, 15) is 4.79 Å². The highest BCUT2D eigenvalue weighted by molar-refractivity contribution is 6.30. The lowest BCUT2D eigenvalue weighted by Crippen LogP contribution is -2.37. The van der Waals surface area contributed by atoms with Gasteiger partial charge < -0.3 is 5.32 Å². The molecule has 0 spiro atoms. The first-order valence-corrected chi connectivity index (χ1v) is 7.85. The van der Waals surface area contributed by atoms with Gasteiger partial charge in [-0.3, -0.25) is 9.20 Å². The second-order valence-corrected chi connectivity index (χ2v) is 6.07. The van der Waals surface area contributed by atoms with E-state index in [2.05, 4.69) is 20.4 Å². The van der Waals surface area contributed by atoms with E-state index in [-0.39, 0.29) is 5.56 Å². The second-order valence-electron chi connectivity index (χ2n) is 5.64. The van der Waals surface area contributed by atoms with E-state index in [4.69, 9.17) is 11.6 Å². The van der Waals surface area contributed by atoms with Crippen LogP contribution in [0, 0.1) is 0 Å². The minimum Gasteiger partial charge on any atom is -0.307 e. The van der Waals surface area contributed by atoms with E-state index in [0.717, 1.165) is 30.9 Å². The number of hydrogen-bond acceptors (Lipinski definition) is 5. The second kappa shape index (κ2) is 5.75. The highest BCUT2D eigenvalue weighted by atomic mass is 35.5. The molecule has 1 aliphatic rings. The summed E-state index contributed by atoms with van der Waals surface area (Å²) in [6, 6.07) is 5.32. The molecule has 0 unspecified atom stereocenters. The molecule has 0 amide bonds. The number of aromatic nitrogens is 5. The Hall–Kier alpha value is -2.25. The van der Waals surface area contributed by atoms with Gasteiger partial charge in [0.2, 0.25) is 0 Å². The maximum Gasteiger partial charge on any atom is 0.258 e. The monoisotopic (exact) mass is 330 g/mol. The zero-order valence-electron chi connectivity index (χ0n) is 12.3. The van der Waals surface area contributed by atoms with Crippen molar-refractivity contribution in [2.45, 2.75) is 32.0 Å². The molecule has 4 heterocycles. The predicted molar refractivity (Wildman–Crippen MR) is 85.4 cm³/mol. The van der Waals surface area contributed by atoms with Gasteiger partial charge in [-0.05, 0) is 18.6 Å². The maximum atomic E-state index is 12.1. The fourth-order valence-corrected chi connectivity index (χ4v) is 3.03. The lowest BCUT2D eigenvalue weighted by Gasteiger charge is -2.23. The number of hydrogen-bond donors (Lipinski definition) is 1. The Labute approximate surface area is 136 Å². The van der Waals surface area contributed by atoms with E-state index < -0.39 is 0 Å². The van der Waals surface area contributed by atoms with Gasteiger partial charge in [0.1, 0.15) is 17.8 Å². The van der Waals surface area contributed by atoms with E-state index >= 15 is 0 Å². The van der Waals surface area contributed by atoms with Crippen LogP contribution in [0.1, 0.15) is 17.9 Å². The van der Waals surface area contributed by atoms with Crippen molar-refractivity contribution in [1.82, 2.24) is 29.5 Å². The van der Waals surface area contributed by atoms with Crippen LogP contribution in [0.3, 0.4) is 0 Å². The van der Waals surface area contributed by atoms with Crippen LogP contribution in [0.5, 0.6) is 0 Å². The Morgan fingerprint density at radius 1 is 1.39 bits per heavy atom. The van der Waals surface area contributed by atoms with Crippen LogP contribution < -0.4 is 10.9 Å². The molecule has 0 aliphatic carbocycles. The first-order chi connectivity index (χ1) is 11.2. The molecule has 0 bridgehead atoms. The number of nitrogens with one attached hydrogen (secondary N) is 1. The molecule has 0 saturated heterocycles. The third-order valence-corrected chi connectivity index (χ3v) is 4.28. The first kappa shape index (κ1) is 14.3. The predicted octanol–water partition coefficient (Wildman–Crippen LogP) is 1.04. The van der Waals surface area contributed by atoms with Crippen LogP contribution in [0.4, 0.5) is 0 Å². The van der Waals surface area contributed by atoms with Gasteiger partial charge in [0, 0.05) is 31.3 Å². The minimum atomic E-state index is -0.128. The minimum absolute atomic E-state index is 0.128. The Morgan fingerprint density at radius 3 is 3.22 bits per heavy atom. The molecule has 1 aliphatic heterocycles. The number of rotatable bonds is 3. The zero-order chi connectivity index (χ0) is 15.8. The quantitative estimate of drug-likeness (QED) is 0.776. The average Bonchev–Trinajstić information content (AvgIpc) is 3.01. The molecule has 1 N–H and O–H groups in total. The first-order valence-electron chi connectivity index (χ1n) is 7.47. The summed E-state index contributed by atoms with van der Waals surface area (Å²) in [6.07, 6.45) is 5.08. The molecule has 0 radical (unpaired) electrons. The molecule has 0 saturated carbocycles. The molecule has 8 heteroatoms. The highest BCUT2D eigenvalue weighted by Gasteiger charge is 2.19. The Kier molecular flexibility index (Phi) is 3.59. The van der Waals surface area contributed by atoms with E-state index in [1.165, 1.54) is 4.40 Å². The summed E-state index contributed by atoms with van der Waals surface area (Å²) in [6.45, 7) is 1.33. The largest absolute Gasteiger partial charge is 0.307 e. The van der Waals surface area contributed by atoms with Crippen LogP contribution >= 0.6 is 11.6 Å². The molecule has 1 atom stereocenters. The summed E-state index contributed by atoms with van der Waals surface area (Å²) in [5.74, 6) is 1.03. The van der Waals surface area contributed by atoms with Crippen molar-refractivity contribution in [2.24, 2.45) is 0 Å². The van der Waals surface area contributed by atoms with Gasteiger partial charge in [-0.2, -0.15) is 5.10 Å². The maximum absolute atomic E-state index is 12.1. The van der Waals surface area contributed by atoms with Gasteiger partial charge in [0.25, 0.3) is 5.56 Å². The van der Waals surface area contributed by atoms with Gasteiger partial charge >= 0.3 is 0 Å². The van der Waals surface area contributed by atoms with Crippen molar-refractivity contribution >= 4 is 17.2 Å². The van der Waals surface area contributed by atoms with Gasteiger partial charge in [-0.1, -0.05) is 11.6 Å². The fourth-order valence-electron chi connectivity index (χ4n) is 2.87. The van der Waals surface area contributed by atoms with Crippen LogP contribution in [0.25, 0.3) is 5.65 Å². The number of nitrogens with zero attached hydrogens (tertiary/aromatic N) is 5. The highest BCUT2D eigenvalue weighted by Crippen LogP contribution is 2.12.